The van der Waals surface area contributed by atoms with Gasteiger partial charge in [0.2, 0.25) is 0 Å². The molecule has 0 atom stereocenters. The standard InChI is InChI=1S/C71H79BN2S/c1-42-34-59-62-60(35-42)74(57-39-53-50(66(5,6)28-31-69(53,11)12)36-48(57)47-23-19-21-43-20-17-18-22-46(43)47)58-40-54-52(68(9,10)30-32-70(54,13)14)38-56(58)72(62)64-63(73(59)45-26-24-44(25-27-45)65(2,3)4)49-37-51-55(41-61(49)75-64)71(15,16)33-29-67(51,7)8/h17-27,34-41H,28-33H2,1-16H3. The third-order valence-electron chi connectivity index (χ3n) is 20.0. The SMILES string of the molecule is Cc1cc2c3c(c1)N(c1ccc(C(C)(C)C)cc1)c1c(sc4cc5c(cc14)C(C)(C)CCC5(C)C)B3c1cc3c(cc1N2c1cc2c(cc1-c1cccc4ccccc14)C(C)(C)CCC2(C)C)C(C)(C)CCC3(C)C. The number of benzene rings is 7. The first-order valence-corrected chi connectivity index (χ1v) is 29.3. The van der Waals surface area contributed by atoms with E-state index in [1.165, 1.54) is 158 Å². The highest BCUT2D eigenvalue weighted by Gasteiger charge is 2.50. The fraction of sp³-hybridized carbons (Fsp3) is 0.408. The van der Waals surface area contributed by atoms with Crippen molar-refractivity contribution in [1.82, 2.24) is 0 Å². The summed E-state index contributed by atoms with van der Waals surface area (Å²) in [7, 11) is 0. The van der Waals surface area contributed by atoms with Crippen LogP contribution in [0.5, 0.6) is 0 Å². The highest BCUT2D eigenvalue weighted by Crippen LogP contribution is 2.57. The molecule has 3 heterocycles. The normalized spacial score (nSPS) is 20.0. The summed E-state index contributed by atoms with van der Waals surface area (Å²) in [6.07, 6.45) is 7.05. The zero-order valence-electron chi connectivity index (χ0n) is 48.1. The maximum absolute atomic E-state index is 2.80. The van der Waals surface area contributed by atoms with Gasteiger partial charge in [0.25, 0.3) is 6.71 Å². The van der Waals surface area contributed by atoms with Gasteiger partial charge < -0.3 is 9.80 Å². The zero-order chi connectivity index (χ0) is 52.9. The van der Waals surface area contributed by atoms with E-state index in [0.717, 1.165) is 6.42 Å². The maximum atomic E-state index is 2.80. The molecule has 7 aromatic carbocycles. The Hall–Kier alpha value is -5.58. The minimum absolute atomic E-state index is 0.0101. The summed E-state index contributed by atoms with van der Waals surface area (Å²) in [5.41, 5.74) is 25.4. The summed E-state index contributed by atoms with van der Waals surface area (Å²) in [6.45, 7) is 39.4. The first-order chi connectivity index (χ1) is 35.2. The van der Waals surface area contributed by atoms with E-state index < -0.39 is 0 Å². The topological polar surface area (TPSA) is 6.48 Å². The largest absolute Gasteiger partial charge is 0.311 e. The van der Waals surface area contributed by atoms with Crippen LogP contribution in [-0.4, -0.2) is 6.71 Å². The Labute approximate surface area is 454 Å². The molecule has 8 aromatic rings. The van der Waals surface area contributed by atoms with Crippen LogP contribution in [0.15, 0.2) is 115 Å². The highest BCUT2D eigenvalue weighted by molar-refractivity contribution is 7.33. The molecule has 0 saturated carbocycles. The Kier molecular flexibility index (Phi) is 10.3. The maximum Gasteiger partial charge on any atom is 0.264 e. The van der Waals surface area contributed by atoms with Gasteiger partial charge in [-0.2, -0.15) is 0 Å². The van der Waals surface area contributed by atoms with Gasteiger partial charge in [0.05, 0.1) is 11.4 Å². The molecule has 5 aliphatic rings. The molecular weight excluding hydrogens is 924 g/mol. The second-order valence-corrected chi connectivity index (χ2v) is 30.1. The lowest BCUT2D eigenvalue weighted by Crippen LogP contribution is -2.61. The zero-order valence-corrected chi connectivity index (χ0v) is 48.9. The number of hydrogen-bond donors (Lipinski definition) is 0. The van der Waals surface area contributed by atoms with Gasteiger partial charge in [-0.3, -0.25) is 0 Å². The quantitative estimate of drug-likeness (QED) is 0.163. The number of aryl methyl sites for hydroxylation is 1. The molecule has 0 fully saturated rings. The van der Waals surface area contributed by atoms with Gasteiger partial charge in [0.15, 0.2) is 0 Å². The van der Waals surface area contributed by atoms with Crippen LogP contribution in [0.25, 0.3) is 32.0 Å². The van der Waals surface area contributed by atoms with Gasteiger partial charge in [-0.05, 0) is 210 Å². The lowest BCUT2D eigenvalue weighted by Gasteiger charge is -2.48. The molecule has 0 unspecified atom stereocenters. The monoisotopic (exact) mass is 1000 g/mol. The molecule has 0 radical (unpaired) electrons. The second-order valence-electron chi connectivity index (χ2n) is 29.0. The van der Waals surface area contributed by atoms with Crippen LogP contribution < -0.4 is 25.5 Å². The first kappa shape index (κ1) is 49.0. The number of nitrogens with zero attached hydrogens (tertiary/aromatic N) is 2. The molecular formula is C71H79BN2S. The summed E-state index contributed by atoms with van der Waals surface area (Å²) in [6, 6.07) is 46.9. The molecule has 2 nitrogen and oxygen atoms in total. The predicted molar refractivity (Wildman–Crippen MR) is 328 cm³/mol. The molecule has 0 N–H and O–H groups in total. The van der Waals surface area contributed by atoms with Crippen LogP contribution in [0.3, 0.4) is 0 Å². The molecule has 3 aliphatic carbocycles. The van der Waals surface area contributed by atoms with E-state index in [1.807, 2.05) is 0 Å². The number of thiophene rings is 1. The van der Waals surface area contributed by atoms with Crippen molar-refractivity contribution in [2.75, 3.05) is 9.80 Å². The van der Waals surface area contributed by atoms with Gasteiger partial charge in [0.1, 0.15) is 0 Å². The predicted octanol–water partition coefficient (Wildman–Crippen LogP) is 18.5. The average molecular weight is 1000 g/mol. The molecule has 13 rings (SSSR count). The Bertz CT molecular complexity index is 3730. The second kappa shape index (κ2) is 15.8. The van der Waals surface area contributed by atoms with Crippen LogP contribution in [0.4, 0.5) is 34.1 Å². The lowest BCUT2D eigenvalue weighted by molar-refractivity contribution is 0.332. The summed E-state index contributed by atoms with van der Waals surface area (Å²) < 4.78 is 2.88. The Morgan fingerprint density at radius 3 is 1.53 bits per heavy atom. The van der Waals surface area contributed by atoms with Gasteiger partial charge >= 0.3 is 0 Å². The summed E-state index contributed by atoms with van der Waals surface area (Å²) in [5, 5.41) is 3.98. The molecule has 0 saturated heterocycles. The molecule has 0 amide bonds. The van der Waals surface area contributed by atoms with Gasteiger partial charge in [-0.25, -0.2) is 0 Å². The highest BCUT2D eigenvalue weighted by atomic mass is 32.1. The van der Waals surface area contributed by atoms with Crippen LogP contribution in [0.1, 0.15) is 187 Å². The van der Waals surface area contributed by atoms with Crippen molar-refractivity contribution in [3.63, 3.8) is 0 Å². The summed E-state index contributed by atoms with van der Waals surface area (Å²) in [4.78, 5) is 5.52. The molecule has 2 aliphatic heterocycles. The molecule has 75 heavy (non-hydrogen) atoms. The minimum atomic E-state index is 0.0101. The number of hydrogen-bond acceptors (Lipinski definition) is 3. The van der Waals surface area contributed by atoms with Gasteiger partial charge in [-0.15, -0.1) is 11.3 Å². The van der Waals surface area contributed by atoms with Crippen molar-refractivity contribution >= 4 is 88.7 Å². The fourth-order valence-corrected chi connectivity index (χ4v) is 16.2. The van der Waals surface area contributed by atoms with Crippen LogP contribution in [0, 0.1) is 6.92 Å². The van der Waals surface area contributed by atoms with Crippen LogP contribution >= 0.6 is 11.3 Å². The smallest absolute Gasteiger partial charge is 0.264 e. The number of fused-ring (bicyclic) bond motifs is 10. The number of anilines is 6. The van der Waals surface area contributed by atoms with E-state index in [-0.39, 0.29) is 44.6 Å². The van der Waals surface area contributed by atoms with E-state index in [9.17, 15) is 0 Å². The van der Waals surface area contributed by atoms with Crippen molar-refractivity contribution in [2.45, 2.75) is 187 Å². The van der Waals surface area contributed by atoms with Gasteiger partial charge in [0, 0.05) is 43.2 Å². The van der Waals surface area contributed by atoms with E-state index in [0.29, 0.717) is 0 Å². The van der Waals surface area contributed by atoms with Crippen molar-refractivity contribution in [1.29, 1.82) is 0 Å². The molecule has 1 aromatic heterocycles. The molecule has 382 valence electrons. The Balaban J connectivity index is 1.19. The van der Waals surface area contributed by atoms with Crippen molar-refractivity contribution in [3.8, 4) is 11.1 Å². The third kappa shape index (κ3) is 7.22. The summed E-state index contributed by atoms with van der Waals surface area (Å²) in [5.74, 6) is 0. The Morgan fingerprint density at radius 1 is 0.453 bits per heavy atom. The fourth-order valence-electron chi connectivity index (χ4n) is 14.8. The number of rotatable bonds is 3. The lowest BCUT2D eigenvalue weighted by atomic mass is 9.35. The Morgan fingerprint density at radius 2 is 0.947 bits per heavy atom. The van der Waals surface area contributed by atoms with Crippen molar-refractivity contribution < 1.29 is 0 Å². The van der Waals surface area contributed by atoms with E-state index in [1.54, 1.807) is 0 Å². The van der Waals surface area contributed by atoms with E-state index in [4.69, 9.17) is 0 Å². The molecule has 4 heteroatoms. The van der Waals surface area contributed by atoms with Gasteiger partial charge in [-0.1, -0.05) is 165 Å². The summed E-state index contributed by atoms with van der Waals surface area (Å²) >= 11 is 2.08. The van der Waals surface area contributed by atoms with Crippen molar-refractivity contribution in [3.05, 3.63) is 160 Å². The third-order valence-corrected chi connectivity index (χ3v) is 21.2. The van der Waals surface area contributed by atoms with Crippen LogP contribution in [-0.2, 0) is 37.9 Å². The average Bonchev–Trinajstić information content (AvgIpc) is 3.79. The van der Waals surface area contributed by atoms with E-state index in [2.05, 4.69) is 247 Å². The van der Waals surface area contributed by atoms with E-state index >= 15 is 0 Å². The molecule has 0 spiro atoms. The van der Waals surface area contributed by atoms with Crippen LogP contribution in [0.2, 0.25) is 0 Å². The molecule has 0 bridgehead atoms. The first-order valence-electron chi connectivity index (χ1n) is 28.5. The van der Waals surface area contributed by atoms with Crippen molar-refractivity contribution in [2.24, 2.45) is 0 Å². The minimum Gasteiger partial charge on any atom is -0.311 e.